The van der Waals surface area contributed by atoms with E-state index in [9.17, 15) is 4.79 Å². The largest absolute Gasteiger partial charge is 0.308 e. The Labute approximate surface area is 130 Å². The van der Waals surface area contributed by atoms with Crippen molar-refractivity contribution in [3.8, 4) is 0 Å². The van der Waals surface area contributed by atoms with E-state index >= 15 is 0 Å². The number of nitrogens with zero attached hydrogens (tertiary/aromatic N) is 2. The fourth-order valence-electron chi connectivity index (χ4n) is 2.22. The van der Waals surface area contributed by atoms with Gasteiger partial charge in [-0.05, 0) is 18.5 Å². The number of rotatable bonds is 3. The van der Waals surface area contributed by atoms with Crippen LogP contribution in [0.15, 0.2) is 16.2 Å². The minimum atomic E-state index is -0.0157. The first-order chi connectivity index (χ1) is 9.74. The van der Waals surface area contributed by atoms with E-state index in [1.165, 1.54) is 22.8 Å². The number of hydrogen-bond donors (Lipinski definition) is 1. The molecule has 0 amide bonds. The molecule has 0 atom stereocenters. The highest BCUT2D eigenvalue weighted by Crippen LogP contribution is 2.21. The third-order valence-electron chi connectivity index (χ3n) is 3.38. The highest BCUT2D eigenvalue weighted by atomic mass is 32.2. The molecule has 0 bridgehead atoms. The molecule has 20 heavy (non-hydrogen) atoms. The average Bonchev–Trinajstić information content (AvgIpc) is 2.73. The van der Waals surface area contributed by atoms with Crippen molar-refractivity contribution in [1.82, 2.24) is 14.9 Å². The average molecular weight is 328 g/mol. The van der Waals surface area contributed by atoms with Crippen LogP contribution in [-0.4, -0.2) is 51.0 Å². The van der Waals surface area contributed by atoms with Gasteiger partial charge in [0.05, 0.1) is 12.1 Å². The van der Waals surface area contributed by atoms with E-state index in [0.29, 0.717) is 12.6 Å². The van der Waals surface area contributed by atoms with Crippen molar-refractivity contribution in [3.05, 3.63) is 27.6 Å². The Kier molecular flexibility index (Phi) is 4.70. The van der Waals surface area contributed by atoms with Crippen LogP contribution in [0.4, 0.5) is 0 Å². The summed E-state index contributed by atoms with van der Waals surface area (Å²) in [5, 5.41) is 1.92. The maximum Gasteiger partial charge on any atom is 0.268 e. The standard InChI is InChI=1S/C13H17N3OS3/c1-16(9-7-18-4-5-19-8-9)6-11-14-10-2-3-20-12(10)13(17)15-11/h2-3,9H,4-8H2,1H3,(H,14,15,17). The Morgan fingerprint density at radius 3 is 2.90 bits per heavy atom. The predicted molar refractivity (Wildman–Crippen MR) is 90.1 cm³/mol. The SMILES string of the molecule is CN(Cc1nc2ccsc2c(=O)[nH]1)C1CSCCSC1. The minimum Gasteiger partial charge on any atom is -0.308 e. The second-order valence-electron chi connectivity index (χ2n) is 4.87. The molecule has 3 rings (SSSR count). The van der Waals surface area contributed by atoms with Crippen LogP contribution < -0.4 is 5.56 Å². The van der Waals surface area contributed by atoms with E-state index in [-0.39, 0.29) is 5.56 Å². The number of hydrogen-bond acceptors (Lipinski definition) is 6. The highest BCUT2D eigenvalue weighted by molar-refractivity contribution is 8.03. The number of thioether (sulfide) groups is 2. The summed E-state index contributed by atoms with van der Waals surface area (Å²) in [6.45, 7) is 0.701. The number of H-pyrrole nitrogens is 1. The number of fused-ring (bicyclic) bond motifs is 1. The summed E-state index contributed by atoms with van der Waals surface area (Å²) in [4.78, 5) is 21.7. The molecule has 1 fully saturated rings. The van der Waals surface area contributed by atoms with Crippen LogP contribution in [0.1, 0.15) is 5.82 Å². The molecule has 1 N–H and O–H groups in total. The molecule has 0 saturated carbocycles. The Hall–Kier alpha value is -0.500. The fourth-order valence-corrected chi connectivity index (χ4v) is 5.66. The summed E-state index contributed by atoms with van der Waals surface area (Å²) in [5.41, 5.74) is 0.796. The summed E-state index contributed by atoms with van der Waals surface area (Å²) < 4.78 is 0.719. The molecular weight excluding hydrogens is 310 g/mol. The first kappa shape index (κ1) is 14.4. The number of nitrogens with one attached hydrogen (secondary N) is 1. The van der Waals surface area contributed by atoms with E-state index in [1.54, 1.807) is 0 Å². The van der Waals surface area contributed by atoms with Crippen LogP contribution in [0.5, 0.6) is 0 Å². The van der Waals surface area contributed by atoms with Crippen LogP contribution >= 0.6 is 34.9 Å². The lowest BCUT2D eigenvalue weighted by atomic mass is 10.3. The van der Waals surface area contributed by atoms with Crippen molar-refractivity contribution < 1.29 is 0 Å². The molecule has 0 aliphatic carbocycles. The maximum atomic E-state index is 12.0. The molecule has 1 saturated heterocycles. The van der Waals surface area contributed by atoms with Gasteiger partial charge in [0, 0.05) is 29.1 Å². The summed E-state index contributed by atoms with van der Waals surface area (Å²) >= 11 is 5.48. The minimum absolute atomic E-state index is 0.0157. The molecule has 0 unspecified atom stereocenters. The smallest absolute Gasteiger partial charge is 0.268 e. The molecule has 3 heterocycles. The van der Waals surface area contributed by atoms with Crippen molar-refractivity contribution in [2.45, 2.75) is 12.6 Å². The van der Waals surface area contributed by atoms with Gasteiger partial charge in [0.25, 0.3) is 5.56 Å². The summed E-state index contributed by atoms with van der Waals surface area (Å²) in [7, 11) is 2.12. The second kappa shape index (κ2) is 6.51. The van der Waals surface area contributed by atoms with Crippen molar-refractivity contribution in [3.63, 3.8) is 0 Å². The highest BCUT2D eigenvalue weighted by Gasteiger charge is 2.18. The Morgan fingerprint density at radius 1 is 1.40 bits per heavy atom. The van der Waals surface area contributed by atoms with E-state index in [1.807, 2.05) is 35.0 Å². The monoisotopic (exact) mass is 327 g/mol. The van der Waals surface area contributed by atoms with E-state index in [0.717, 1.165) is 27.5 Å². The summed E-state index contributed by atoms with van der Waals surface area (Å²) in [5.74, 6) is 5.57. The fraction of sp³-hybridized carbons (Fsp3) is 0.538. The van der Waals surface area contributed by atoms with Crippen molar-refractivity contribution >= 4 is 45.1 Å². The van der Waals surface area contributed by atoms with Crippen LogP contribution in [-0.2, 0) is 6.54 Å². The van der Waals surface area contributed by atoms with Crippen molar-refractivity contribution in [2.75, 3.05) is 30.1 Å². The van der Waals surface area contributed by atoms with Gasteiger partial charge < -0.3 is 4.98 Å². The number of aromatic nitrogens is 2. The van der Waals surface area contributed by atoms with Gasteiger partial charge in [-0.3, -0.25) is 9.69 Å². The third kappa shape index (κ3) is 3.21. The van der Waals surface area contributed by atoms with Gasteiger partial charge in [-0.25, -0.2) is 4.98 Å². The van der Waals surface area contributed by atoms with Gasteiger partial charge in [0.1, 0.15) is 10.5 Å². The lowest BCUT2D eigenvalue weighted by Crippen LogP contribution is -2.35. The normalized spacial score (nSPS) is 17.7. The molecule has 0 spiro atoms. The molecule has 2 aromatic heterocycles. The molecule has 1 aliphatic rings. The van der Waals surface area contributed by atoms with Gasteiger partial charge in [0.2, 0.25) is 0 Å². The number of thiophene rings is 1. The molecule has 4 nitrogen and oxygen atoms in total. The molecule has 108 valence electrons. The Bertz CT molecular complexity index is 631. The third-order valence-corrected chi connectivity index (χ3v) is 6.77. The van der Waals surface area contributed by atoms with Gasteiger partial charge >= 0.3 is 0 Å². The lowest BCUT2D eigenvalue weighted by Gasteiger charge is -2.25. The van der Waals surface area contributed by atoms with E-state index in [2.05, 4.69) is 21.9 Å². The maximum absolute atomic E-state index is 12.0. The summed E-state index contributed by atoms with van der Waals surface area (Å²) in [6.07, 6.45) is 0. The molecular formula is C13H17N3OS3. The molecule has 0 radical (unpaired) electrons. The predicted octanol–water partition coefficient (Wildman–Crippen LogP) is 2.27. The van der Waals surface area contributed by atoms with E-state index in [4.69, 9.17) is 0 Å². The zero-order valence-electron chi connectivity index (χ0n) is 11.3. The zero-order valence-corrected chi connectivity index (χ0v) is 13.7. The molecule has 1 aliphatic heterocycles. The van der Waals surface area contributed by atoms with Gasteiger partial charge in [-0.15, -0.1) is 11.3 Å². The topological polar surface area (TPSA) is 49.0 Å². The Balaban J connectivity index is 1.76. The molecule has 0 aromatic carbocycles. The molecule has 2 aromatic rings. The summed E-state index contributed by atoms with van der Waals surface area (Å²) in [6, 6.07) is 2.46. The lowest BCUT2D eigenvalue weighted by molar-refractivity contribution is 0.267. The number of aromatic amines is 1. The zero-order chi connectivity index (χ0) is 13.9. The van der Waals surface area contributed by atoms with E-state index < -0.39 is 0 Å². The Morgan fingerprint density at radius 2 is 2.15 bits per heavy atom. The van der Waals surface area contributed by atoms with Gasteiger partial charge in [-0.1, -0.05) is 0 Å². The van der Waals surface area contributed by atoms with Crippen molar-refractivity contribution in [1.29, 1.82) is 0 Å². The van der Waals surface area contributed by atoms with Gasteiger partial charge in [0.15, 0.2) is 0 Å². The van der Waals surface area contributed by atoms with Crippen LogP contribution in [0, 0.1) is 0 Å². The first-order valence-electron chi connectivity index (χ1n) is 6.56. The first-order valence-corrected chi connectivity index (χ1v) is 9.75. The van der Waals surface area contributed by atoms with Gasteiger partial charge in [-0.2, -0.15) is 23.5 Å². The molecule has 7 heteroatoms. The van der Waals surface area contributed by atoms with Crippen molar-refractivity contribution in [2.24, 2.45) is 0 Å². The van der Waals surface area contributed by atoms with Crippen LogP contribution in [0.25, 0.3) is 10.2 Å². The van der Waals surface area contributed by atoms with Crippen LogP contribution in [0.2, 0.25) is 0 Å². The second-order valence-corrected chi connectivity index (χ2v) is 8.08. The van der Waals surface area contributed by atoms with Crippen LogP contribution in [0.3, 0.4) is 0 Å². The quantitative estimate of drug-likeness (QED) is 0.937.